The molecule has 2 aromatic carbocycles. The van der Waals surface area contributed by atoms with Crippen molar-refractivity contribution in [2.45, 2.75) is 6.10 Å². The molecule has 0 saturated carbocycles. The third-order valence-electron chi connectivity index (χ3n) is 3.85. The zero-order valence-electron chi connectivity index (χ0n) is 13.5. The van der Waals surface area contributed by atoms with E-state index >= 15 is 0 Å². The Morgan fingerprint density at radius 1 is 1.28 bits per heavy atom. The molecule has 5 nitrogen and oxygen atoms in total. The molecule has 0 fully saturated rings. The molecule has 3 aromatic rings. The lowest BCUT2D eigenvalue weighted by Crippen LogP contribution is -2.13. The van der Waals surface area contributed by atoms with Gasteiger partial charge >= 0.3 is 0 Å². The second kappa shape index (κ2) is 7.39. The topological polar surface area (TPSA) is 78.2 Å². The van der Waals surface area contributed by atoms with Gasteiger partial charge in [0.15, 0.2) is 0 Å². The quantitative estimate of drug-likeness (QED) is 0.727. The summed E-state index contributed by atoms with van der Waals surface area (Å²) in [5.74, 6) is 1.21. The van der Waals surface area contributed by atoms with Gasteiger partial charge in [-0.25, -0.2) is 4.98 Å². The van der Waals surface area contributed by atoms with Crippen LogP contribution in [0.3, 0.4) is 0 Å². The van der Waals surface area contributed by atoms with E-state index < -0.39 is 6.10 Å². The number of anilines is 1. The molecule has 0 radical (unpaired) electrons. The molecule has 25 heavy (non-hydrogen) atoms. The lowest BCUT2D eigenvalue weighted by molar-refractivity contribution is 0.191. The van der Waals surface area contributed by atoms with Crippen molar-refractivity contribution in [3.8, 4) is 11.8 Å². The molecule has 0 aliphatic carbocycles. The Morgan fingerprint density at radius 3 is 2.88 bits per heavy atom. The van der Waals surface area contributed by atoms with Crippen LogP contribution in [-0.4, -0.2) is 23.7 Å². The fourth-order valence-electron chi connectivity index (χ4n) is 2.55. The minimum Gasteiger partial charge on any atom is -0.497 e. The number of benzene rings is 2. The number of aliphatic hydroxyl groups is 1. The highest BCUT2D eigenvalue weighted by molar-refractivity contribution is 6.31. The van der Waals surface area contributed by atoms with Crippen molar-refractivity contribution in [1.29, 1.82) is 5.26 Å². The number of methoxy groups -OCH3 is 1. The fraction of sp³-hybridized carbons (Fsp3) is 0.158. The largest absolute Gasteiger partial charge is 0.497 e. The van der Waals surface area contributed by atoms with Gasteiger partial charge in [-0.15, -0.1) is 0 Å². The average molecular weight is 354 g/mol. The number of aliphatic hydroxyl groups excluding tert-OH is 1. The maximum absolute atomic E-state index is 10.3. The highest BCUT2D eigenvalue weighted by Crippen LogP contribution is 2.24. The van der Waals surface area contributed by atoms with Crippen LogP contribution in [0.2, 0.25) is 5.02 Å². The summed E-state index contributed by atoms with van der Waals surface area (Å²) < 4.78 is 5.17. The van der Waals surface area contributed by atoms with Crippen LogP contribution in [0.5, 0.6) is 5.75 Å². The standard InChI is InChI=1S/C19H16ClN3O2/c1-25-15-4-2-3-12(7-15)18(24)11-22-19-8-13(10-21)16-9-14(20)5-6-17(16)23-19/h2-9,18,24H,11H2,1H3,(H,22,23). The van der Waals surface area contributed by atoms with Gasteiger partial charge < -0.3 is 15.2 Å². The van der Waals surface area contributed by atoms with Crippen LogP contribution in [0, 0.1) is 11.3 Å². The van der Waals surface area contributed by atoms with E-state index in [2.05, 4.69) is 16.4 Å². The summed E-state index contributed by atoms with van der Waals surface area (Å²) >= 11 is 5.99. The van der Waals surface area contributed by atoms with Gasteiger partial charge in [0.05, 0.1) is 30.4 Å². The van der Waals surface area contributed by atoms with Gasteiger partial charge in [0, 0.05) is 17.0 Å². The number of hydrogen-bond acceptors (Lipinski definition) is 5. The Kier molecular flexibility index (Phi) is 5.03. The molecule has 0 amide bonds. The van der Waals surface area contributed by atoms with E-state index in [-0.39, 0.29) is 6.54 Å². The van der Waals surface area contributed by atoms with Gasteiger partial charge in [0.1, 0.15) is 11.6 Å². The Morgan fingerprint density at radius 2 is 2.12 bits per heavy atom. The molecular formula is C19H16ClN3O2. The van der Waals surface area contributed by atoms with Crippen LogP contribution < -0.4 is 10.1 Å². The molecule has 1 unspecified atom stereocenters. The Labute approximate surface area is 150 Å². The van der Waals surface area contributed by atoms with Crippen LogP contribution in [0.25, 0.3) is 10.9 Å². The van der Waals surface area contributed by atoms with E-state index in [0.29, 0.717) is 33.1 Å². The number of nitrogens with zero attached hydrogens (tertiary/aromatic N) is 2. The van der Waals surface area contributed by atoms with Crippen LogP contribution in [0.1, 0.15) is 17.2 Å². The van der Waals surface area contributed by atoms with Crippen LogP contribution in [0.4, 0.5) is 5.82 Å². The van der Waals surface area contributed by atoms with E-state index in [0.717, 1.165) is 5.56 Å². The highest BCUT2D eigenvalue weighted by atomic mass is 35.5. The molecule has 0 saturated heterocycles. The van der Waals surface area contributed by atoms with E-state index in [1.165, 1.54) is 0 Å². The molecular weight excluding hydrogens is 338 g/mol. The Bertz CT molecular complexity index is 953. The SMILES string of the molecule is COc1cccc(C(O)CNc2cc(C#N)c3cc(Cl)ccc3n2)c1. The van der Waals surface area contributed by atoms with Crippen molar-refractivity contribution in [2.24, 2.45) is 0 Å². The number of hydrogen-bond donors (Lipinski definition) is 2. The second-order valence-electron chi connectivity index (χ2n) is 5.50. The molecule has 3 rings (SSSR count). The number of halogens is 1. The van der Waals surface area contributed by atoms with Crippen molar-refractivity contribution in [1.82, 2.24) is 4.98 Å². The zero-order valence-corrected chi connectivity index (χ0v) is 14.3. The average Bonchev–Trinajstić information content (AvgIpc) is 2.65. The van der Waals surface area contributed by atoms with Crippen LogP contribution in [0.15, 0.2) is 48.5 Å². The molecule has 2 N–H and O–H groups in total. The number of pyridine rings is 1. The normalized spacial score (nSPS) is 11.8. The molecule has 6 heteroatoms. The number of nitrogens with one attached hydrogen (secondary N) is 1. The van der Waals surface area contributed by atoms with Gasteiger partial charge in [0.25, 0.3) is 0 Å². The molecule has 0 spiro atoms. The highest BCUT2D eigenvalue weighted by Gasteiger charge is 2.11. The molecule has 0 aliphatic rings. The smallest absolute Gasteiger partial charge is 0.128 e. The maximum Gasteiger partial charge on any atom is 0.128 e. The number of fused-ring (bicyclic) bond motifs is 1. The molecule has 126 valence electrons. The summed E-state index contributed by atoms with van der Waals surface area (Å²) in [6.07, 6.45) is -0.733. The first-order chi connectivity index (χ1) is 12.1. The van der Waals surface area contributed by atoms with Crippen molar-refractivity contribution in [3.05, 3.63) is 64.7 Å². The molecule has 0 bridgehead atoms. The third-order valence-corrected chi connectivity index (χ3v) is 4.08. The van der Waals surface area contributed by atoms with Crippen molar-refractivity contribution < 1.29 is 9.84 Å². The van der Waals surface area contributed by atoms with Crippen molar-refractivity contribution >= 4 is 28.3 Å². The first-order valence-corrected chi connectivity index (χ1v) is 8.05. The number of ether oxygens (including phenoxy) is 1. The minimum atomic E-state index is -0.733. The van der Waals surface area contributed by atoms with Crippen LogP contribution in [-0.2, 0) is 0 Å². The van der Waals surface area contributed by atoms with Crippen molar-refractivity contribution in [3.63, 3.8) is 0 Å². The maximum atomic E-state index is 10.3. The second-order valence-corrected chi connectivity index (χ2v) is 5.94. The molecule has 0 aliphatic heterocycles. The lowest BCUT2D eigenvalue weighted by atomic mass is 10.1. The van der Waals surface area contributed by atoms with E-state index in [1.807, 2.05) is 18.2 Å². The van der Waals surface area contributed by atoms with E-state index in [9.17, 15) is 10.4 Å². The summed E-state index contributed by atoms with van der Waals surface area (Å²) in [4.78, 5) is 4.47. The monoisotopic (exact) mass is 353 g/mol. The number of rotatable bonds is 5. The molecule has 1 atom stereocenters. The number of nitriles is 1. The summed E-state index contributed by atoms with van der Waals surface area (Å²) in [6, 6.07) is 16.3. The first kappa shape index (κ1) is 17.0. The summed E-state index contributed by atoms with van der Waals surface area (Å²) in [6.45, 7) is 0.254. The van der Waals surface area contributed by atoms with Crippen molar-refractivity contribution in [2.75, 3.05) is 19.0 Å². The molecule has 1 aromatic heterocycles. The van der Waals surface area contributed by atoms with Gasteiger partial charge in [-0.3, -0.25) is 0 Å². The van der Waals surface area contributed by atoms with Gasteiger partial charge in [-0.1, -0.05) is 23.7 Å². The lowest BCUT2D eigenvalue weighted by Gasteiger charge is -2.14. The van der Waals surface area contributed by atoms with Gasteiger partial charge in [-0.05, 0) is 42.0 Å². The van der Waals surface area contributed by atoms with Crippen LogP contribution >= 0.6 is 11.6 Å². The Hall–Kier alpha value is -2.81. The predicted octanol–water partition coefficient (Wildman–Crippen LogP) is 3.91. The summed E-state index contributed by atoms with van der Waals surface area (Å²) in [5.41, 5.74) is 1.88. The van der Waals surface area contributed by atoms with E-state index in [4.69, 9.17) is 16.3 Å². The fourth-order valence-corrected chi connectivity index (χ4v) is 2.72. The minimum absolute atomic E-state index is 0.254. The van der Waals surface area contributed by atoms with Gasteiger partial charge in [0.2, 0.25) is 0 Å². The van der Waals surface area contributed by atoms with E-state index in [1.54, 1.807) is 37.4 Å². The molecule has 1 heterocycles. The number of aromatic nitrogens is 1. The van der Waals surface area contributed by atoms with Gasteiger partial charge in [-0.2, -0.15) is 5.26 Å². The predicted molar refractivity (Wildman–Crippen MR) is 97.9 cm³/mol. The summed E-state index contributed by atoms with van der Waals surface area (Å²) in [7, 11) is 1.58. The Balaban J connectivity index is 1.81. The first-order valence-electron chi connectivity index (χ1n) is 7.67. The third kappa shape index (κ3) is 3.82. The zero-order chi connectivity index (χ0) is 17.8. The summed E-state index contributed by atoms with van der Waals surface area (Å²) in [5, 5.41) is 24.0.